The molecule has 2 aromatic rings. The van der Waals surface area contributed by atoms with Crippen molar-refractivity contribution in [2.24, 2.45) is 0 Å². The van der Waals surface area contributed by atoms with E-state index < -0.39 is 59.1 Å². The molecule has 178 valence electrons. The van der Waals surface area contributed by atoms with Crippen LogP contribution >= 0.6 is 0 Å². The minimum absolute atomic E-state index is 0.0486. The summed E-state index contributed by atoms with van der Waals surface area (Å²) in [6, 6.07) is 1.75. The lowest BCUT2D eigenvalue weighted by molar-refractivity contribution is -0.155. The van der Waals surface area contributed by atoms with Crippen molar-refractivity contribution >= 4 is 23.6 Å². The van der Waals surface area contributed by atoms with Gasteiger partial charge in [0, 0.05) is 24.1 Å². The fourth-order valence-electron chi connectivity index (χ4n) is 3.98. The summed E-state index contributed by atoms with van der Waals surface area (Å²) >= 11 is 0. The van der Waals surface area contributed by atoms with E-state index in [2.05, 4.69) is 5.32 Å². The maximum absolute atomic E-state index is 13.6. The molecule has 7 nitrogen and oxygen atoms in total. The number of fused-ring (bicyclic) bond motifs is 1. The Kier molecular flexibility index (Phi) is 5.84. The number of nitrogens with one attached hydrogen (secondary N) is 2. The van der Waals surface area contributed by atoms with Gasteiger partial charge in [-0.25, -0.2) is 8.78 Å². The van der Waals surface area contributed by atoms with Gasteiger partial charge in [0.25, 0.3) is 11.8 Å². The lowest BCUT2D eigenvalue weighted by Gasteiger charge is -2.29. The summed E-state index contributed by atoms with van der Waals surface area (Å²) in [5, 5.41) is 3.92. The standard InChI is InChI=1S/C22H16F5N3O4/c23-14-4-2-10(8-15(14)24)18(22(25,26)27)29-19(32)11-1-3-13-12(7-11)9-30(21(13)34)16-5-6-17(31)28-20(16)33/h1-4,7-8,16,18H,5-6,9H2,(H,29,32)(H,28,31,33). The Morgan fingerprint density at radius 3 is 2.44 bits per heavy atom. The van der Waals surface area contributed by atoms with Gasteiger partial charge in [-0.1, -0.05) is 6.07 Å². The maximum Gasteiger partial charge on any atom is 0.412 e. The Morgan fingerprint density at radius 2 is 1.79 bits per heavy atom. The predicted octanol–water partition coefficient (Wildman–Crippen LogP) is 2.76. The highest BCUT2D eigenvalue weighted by atomic mass is 19.4. The molecule has 2 aliphatic rings. The molecule has 2 aromatic carbocycles. The molecule has 0 spiro atoms. The number of carbonyl (C=O) groups excluding carboxylic acids is 4. The Labute approximate surface area is 188 Å². The highest BCUT2D eigenvalue weighted by Crippen LogP contribution is 2.34. The number of piperidine rings is 1. The van der Waals surface area contributed by atoms with E-state index in [-0.39, 0.29) is 30.5 Å². The zero-order valence-electron chi connectivity index (χ0n) is 17.2. The molecule has 0 aliphatic carbocycles. The second kappa shape index (κ2) is 8.50. The van der Waals surface area contributed by atoms with Gasteiger partial charge in [0.2, 0.25) is 11.8 Å². The van der Waals surface area contributed by atoms with Crippen LogP contribution in [-0.2, 0) is 16.1 Å². The summed E-state index contributed by atoms with van der Waals surface area (Å²) in [6.45, 7) is -0.0760. The number of imide groups is 1. The molecule has 1 saturated heterocycles. The smallest absolute Gasteiger partial charge is 0.337 e. The summed E-state index contributed by atoms with van der Waals surface area (Å²) in [5.41, 5.74) is -0.401. The third kappa shape index (κ3) is 4.35. The van der Waals surface area contributed by atoms with Crippen LogP contribution in [-0.4, -0.2) is 40.7 Å². The zero-order valence-corrected chi connectivity index (χ0v) is 17.2. The van der Waals surface area contributed by atoms with Crippen LogP contribution in [0.3, 0.4) is 0 Å². The first-order valence-electron chi connectivity index (χ1n) is 10.1. The average molecular weight is 481 g/mol. The molecule has 4 rings (SSSR count). The van der Waals surface area contributed by atoms with Crippen molar-refractivity contribution in [2.75, 3.05) is 0 Å². The lowest BCUT2D eigenvalue weighted by Crippen LogP contribution is -2.52. The van der Waals surface area contributed by atoms with E-state index >= 15 is 0 Å². The molecule has 2 aliphatic heterocycles. The van der Waals surface area contributed by atoms with Crippen molar-refractivity contribution in [3.8, 4) is 0 Å². The number of amides is 4. The molecular weight excluding hydrogens is 465 g/mol. The molecule has 4 amide bonds. The van der Waals surface area contributed by atoms with Gasteiger partial charge in [0.05, 0.1) is 0 Å². The number of carbonyl (C=O) groups is 4. The number of alkyl halides is 3. The van der Waals surface area contributed by atoms with Crippen LogP contribution in [0.25, 0.3) is 0 Å². The van der Waals surface area contributed by atoms with E-state index in [1.807, 2.05) is 0 Å². The molecule has 0 aromatic heterocycles. The number of halogens is 5. The average Bonchev–Trinajstić information content (AvgIpc) is 3.08. The van der Waals surface area contributed by atoms with Crippen molar-refractivity contribution in [2.45, 2.75) is 37.6 Å². The topological polar surface area (TPSA) is 95.6 Å². The predicted molar refractivity (Wildman–Crippen MR) is 105 cm³/mol. The molecular formula is C22H16F5N3O4. The van der Waals surface area contributed by atoms with Crippen LogP contribution in [0.2, 0.25) is 0 Å². The number of benzene rings is 2. The SMILES string of the molecule is O=C1CCC(N2Cc3cc(C(=O)NC(c4ccc(F)c(F)c4)C(F)(F)F)ccc3C2=O)C(=O)N1. The number of hydrogen-bond donors (Lipinski definition) is 2. The van der Waals surface area contributed by atoms with E-state index in [9.17, 15) is 41.1 Å². The van der Waals surface area contributed by atoms with Crippen LogP contribution in [0.5, 0.6) is 0 Å². The highest BCUT2D eigenvalue weighted by Gasteiger charge is 2.43. The van der Waals surface area contributed by atoms with E-state index in [4.69, 9.17) is 0 Å². The Hall–Kier alpha value is -3.83. The fourth-order valence-corrected chi connectivity index (χ4v) is 3.98. The Balaban J connectivity index is 1.55. The second-order valence-electron chi connectivity index (χ2n) is 7.89. The molecule has 1 fully saturated rings. The summed E-state index contributed by atoms with van der Waals surface area (Å²) < 4.78 is 67.3. The van der Waals surface area contributed by atoms with E-state index in [0.29, 0.717) is 17.7 Å². The van der Waals surface area contributed by atoms with Crippen LogP contribution in [0.1, 0.15) is 50.7 Å². The zero-order chi connectivity index (χ0) is 24.8. The minimum Gasteiger partial charge on any atom is -0.337 e. The normalized spacial score (nSPS) is 19.0. The van der Waals surface area contributed by atoms with Gasteiger partial charge in [0.1, 0.15) is 6.04 Å². The number of rotatable bonds is 4. The summed E-state index contributed by atoms with van der Waals surface area (Å²) in [6.07, 6.45) is -4.83. The first-order chi connectivity index (χ1) is 16.0. The first kappa shape index (κ1) is 23.3. The van der Waals surface area contributed by atoms with E-state index in [0.717, 1.165) is 12.1 Å². The Bertz CT molecular complexity index is 1210. The third-order valence-corrected chi connectivity index (χ3v) is 5.67. The summed E-state index contributed by atoms with van der Waals surface area (Å²) in [4.78, 5) is 50.0. The summed E-state index contributed by atoms with van der Waals surface area (Å²) in [7, 11) is 0. The van der Waals surface area contributed by atoms with Crippen LogP contribution < -0.4 is 10.6 Å². The molecule has 2 atom stereocenters. The van der Waals surface area contributed by atoms with Gasteiger partial charge in [-0.05, 0) is 47.9 Å². The minimum atomic E-state index is -5.00. The molecule has 2 heterocycles. The van der Waals surface area contributed by atoms with Gasteiger partial charge >= 0.3 is 6.18 Å². The van der Waals surface area contributed by atoms with Gasteiger partial charge < -0.3 is 10.2 Å². The second-order valence-corrected chi connectivity index (χ2v) is 7.89. The van der Waals surface area contributed by atoms with Crippen molar-refractivity contribution in [1.82, 2.24) is 15.5 Å². The molecule has 12 heteroatoms. The highest BCUT2D eigenvalue weighted by molar-refractivity contribution is 6.06. The third-order valence-electron chi connectivity index (χ3n) is 5.67. The Morgan fingerprint density at radius 1 is 1.06 bits per heavy atom. The quantitative estimate of drug-likeness (QED) is 0.519. The molecule has 34 heavy (non-hydrogen) atoms. The first-order valence-corrected chi connectivity index (χ1v) is 10.1. The number of hydrogen-bond acceptors (Lipinski definition) is 4. The van der Waals surface area contributed by atoms with E-state index in [1.54, 1.807) is 5.32 Å². The molecule has 2 N–H and O–H groups in total. The molecule has 0 radical (unpaired) electrons. The largest absolute Gasteiger partial charge is 0.412 e. The van der Waals surface area contributed by atoms with Crippen molar-refractivity contribution in [1.29, 1.82) is 0 Å². The molecule has 0 bridgehead atoms. The fraction of sp³-hybridized carbons (Fsp3) is 0.273. The number of nitrogens with zero attached hydrogens (tertiary/aromatic N) is 1. The van der Waals surface area contributed by atoms with Crippen molar-refractivity contribution < 1.29 is 41.1 Å². The van der Waals surface area contributed by atoms with Crippen LogP contribution in [0, 0.1) is 11.6 Å². The molecule has 0 saturated carbocycles. The van der Waals surface area contributed by atoms with Crippen LogP contribution in [0.4, 0.5) is 22.0 Å². The van der Waals surface area contributed by atoms with E-state index in [1.165, 1.54) is 17.0 Å². The van der Waals surface area contributed by atoms with Gasteiger partial charge in [0.15, 0.2) is 17.7 Å². The van der Waals surface area contributed by atoms with Crippen molar-refractivity contribution in [3.63, 3.8) is 0 Å². The summed E-state index contributed by atoms with van der Waals surface area (Å²) in [5.74, 6) is -5.57. The lowest BCUT2D eigenvalue weighted by atomic mass is 10.0. The monoisotopic (exact) mass is 481 g/mol. The molecule has 2 unspecified atom stereocenters. The maximum atomic E-state index is 13.6. The van der Waals surface area contributed by atoms with Gasteiger partial charge in [-0.2, -0.15) is 13.2 Å². The van der Waals surface area contributed by atoms with Gasteiger partial charge in [-0.15, -0.1) is 0 Å². The van der Waals surface area contributed by atoms with Gasteiger partial charge in [-0.3, -0.25) is 24.5 Å². The van der Waals surface area contributed by atoms with Crippen LogP contribution in [0.15, 0.2) is 36.4 Å². The van der Waals surface area contributed by atoms with Crippen molar-refractivity contribution in [3.05, 3.63) is 70.3 Å².